The third-order valence-electron chi connectivity index (χ3n) is 2.67. The highest BCUT2D eigenvalue weighted by atomic mass is 79.9. The maximum Gasteiger partial charge on any atom is 0.118 e. The van der Waals surface area contributed by atoms with Crippen molar-refractivity contribution in [1.29, 1.82) is 0 Å². The van der Waals surface area contributed by atoms with Crippen molar-refractivity contribution in [3.05, 3.63) is 58.3 Å². The standard InChI is InChI=1S/C14H13BrN2O2/c1-19-13-4-2-10(3-5-13)14(17-18)9-12-8-11(15)6-7-16-12/h2-8,18H,9H2,1H3. The summed E-state index contributed by atoms with van der Waals surface area (Å²) in [6.45, 7) is 0. The Morgan fingerprint density at radius 2 is 2.05 bits per heavy atom. The molecule has 0 amide bonds. The molecule has 0 spiro atoms. The molecule has 0 saturated heterocycles. The zero-order valence-electron chi connectivity index (χ0n) is 10.4. The van der Waals surface area contributed by atoms with Gasteiger partial charge in [0.05, 0.1) is 12.8 Å². The van der Waals surface area contributed by atoms with Crippen molar-refractivity contribution < 1.29 is 9.94 Å². The summed E-state index contributed by atoms with van der Waals surface area (Å²) in [4.78, 5) is 4.24. The molecular weight excluding hydrogens is 308 g/mol. The summed E-state index contributed by atoms with van der Waals surface area (Å²) in [5, 5.41) is 12.5. The number of benzene rings is 1. The van der Waals surface area contributed by atoms with Crippen LogP contribution in [-0.4, -0.2) is 23.0 Å². The molecule has 2 rings (SSSR count). The Kier molecular flexibility index (Phi) is 4.52. The van der Waals surface area contributed by atoms with Crippen LogP contribution in [0.4, 0.5) is 0 Å². The molecule has 19 heavy (non-hydrogen) atoms. The first kappa shape index (κ1) is 13.5. The maximum absolute atomic E-state index is 9.15. The predicted molar refractivity (Wildman–Crippen MR) is 77.0 cm³/mol. The van der Waals surface area contributed by atoms with Crippen LogP contribution in [0.1, 0.15) is 11.3 Å². The molecule has 4 nitrogen and oxygen atoms in total. The van der Waals surface area contributed by atoms with E-state index in [1.54, 1.807) is 13.3 Å². The SMILES string of the molecule is COc1ccc(C(Cc2cc(Br)ccn2)=NO)cc1. The molecule has 0 fully saturated rings. The highest BCUT2D eigenvalue weighted by Gasteiger charge is 2.07. The monoisotopic (exact) mass is 320 g/mol. The van der Waals surface area contributed by atoms with Gasteiger partial charge in [-0.25, -0.2) is 0 Å². The summed E-state index contributed by atoms with van der Waals surface area (Å²) in [5.41, 5.74) is 2.23. The molecule has 5 heteroatoms. The third-order valence-corrected chi connectivity index (χ3v) is 3.16. The van der Waals surface area contributed by atoms with Crippen molar-refractivity contribution in [3.63, 3.8) is 0 Å². The molecule has 2 aromatic rings. The van der Waals surface area contributed by atoms with Gasteiger partial charge in [0.1, 0.15) is 5.75 Å². The fraction of sp³-hybridized carbons (Fsp3) is 0.143. The summed E-state index contributed by atoms with van der Waals surface area (Å²) >= 11 is 3.39. The molecule has 0 aliphatic rings. The molecule has 0 bridgehead atoms. The van der Waals surface area contributed by atoms with Crippen LogP contribution in [0.25, 0.3) is 0 Å². The summed E-state index contributed by atoms with van der Waals surface area (Å²) in [6.07, 6.45) is 2.17. The first-order valence-corrected chi connectivity index (χ1v) is 6.48. The fourth-order valence-corrected chi connectivity index (χ4v) is 2.08. The second-order valence-electron chi connectivity index (χ2n) is 3.92. The van der Waals surface area contributed by atoms with E-state index in [-0.39, 0.29) is 0 Å². The van der Waals surface area contributed by atoms with Gasteiger partial charge in [0.2, 0.25) is 0 Å². The number of halogens is 1. The van der Waals surface area contributed by atoms with Crippen molar-refractivity contribution >= 4 is 21.6 Å². The lowest BCUT2D eigenvalue weighted by Gasteiger charge is -2.06. The molecule has 0 aliphatic heterocycles. The highest BCUT2D eigenvalue weighted by Crippen LogP contribution is 2.15. The number of rotatable bonds is 4. The third kappa shape index (κ3) is 3.54. The van der Waals surface area contributed by atoms with Gasteiger partial charge >= 0.3 is 0 Å². The van der Waals surface area contributed by atoms with Crippen molar-refractivity contribution in [1.82, 2.24) is 4.98 Å². The number of methoxy groups -OCH3 is 1. The summed E-state index contributed by atoms with van der Waals surface area (Å²) in [7, 11) is 1.61. The molecule has 0 atom stereocenters. The number of oxime groups is 1. The zero-order chi connectivity index (χ0) is 13.7. The van der Waals surface area contributed by atoms with Crippen LogP contribution in [0, 0.1) is 0 Å². The number of hydrogen-bond acceptors (Lipinski definition) is 4. The van der Waals surface area contributed by atoms with Gasteiger partial charge < -0.3 is 9.94 Å². The van der Waals surface area contributed by atoms with Gasteiger partial charge in [-0.2, -0.15) is 0 Å². The van der Waals surface area contributed by atoms with E-state index in [4.69, 9.17) is 9.94 Å². The van der Waals surface area contributed by atoms with Crippen molar-refractivity contribution in [3.8, 4) is 5.75 Å². The van der Waals surface area contributed by atoms with Gasteiger partial charge in [-0.15, -0.1) is 0 Å². The van der Waals surface area contributed by atoms with E-state index in [9.17, 15) is 0 Å². The van der Waals surface area contributed by atoms with Crippen molar-refractivity contribution in [2.75, 3.05) is 7.11 Å². The summed E-state index contributed by atoms with van der Waals surface area (Å²) in [6, 6.07) is 11.1. The van der Waals surface area contributed by atoms with Crippen LogP contribution in [-0.2, 0) is 6.42 Å². The van der Waals surface area contributed by atoms with Gasteiger partial charge in [0, 0.05) is 22.8 Å². The Bertz CT molecular complexity index is 582. The summed E-state index contributed by atoms with van der Waals surface area (Å²) < 4.78 is 6.04. The normalized spacial score (nSPS) is 11.4. The van der Waals surface area contributed by atoms with Crippen LogP contribution in [0.15, 0.2) is 52.2 Å². The van der Waals surface area contributed by atoms with E-state index in [1.165, 1.54) is 0 Å². The molecule has 1 N–H and O–H groups in total. The molecule has 1 aromatic heterocycles. The molecule has 0 unspecified atom stereocenters. The molecule has 1 heterocycles. The second-order valence-corrected chi connectivity index (χ2v) is 4.83. The van der Waals surface area contributed by atoms with E-state index in [0.717, 1.165) is 21.5 Å². The molecule has 0 radical (unpaired) electrons. The largest absolute Gasteiger partial charge is 0.497 e. The van der Waals surface area contributed by atoms with Gasteiger partial charge in [-0.05, 0) is 42.0 Å². The second kappa shape index (κ2) is 6.33. The van der Waals surface area contributed by atoms with Crippen LogP contribution < -0.4 is 4.74 Å². The highest BCUT2D eigenvalue weighted by molar-refractivity contribution is 9.10. The molecule has 0 saturated carbocycles. The van der Waals surface area contributed by atoms with Crippen molar-refractivity contribution in [2.24, 2.45) is 5.16 Å². The average molecular weight is 321 g/mol. The fourth-order valence-electron chi connectivity index (χ4n) is 1.70. The van der Waals surface area contributed by atoms with Gasteiger partial charge in [-0.1, -0.05) is 21.1 Å². The van der Waals surface area contributed by atoms with Crippen LogP contribution in [0.5, 0.6) is 5.75 Å². The molecule has 0 aliphatic carbocycles. The van der Waals surface area contributed by atoms with E-state index < -0.39 is 0 Å². The van der Waals surface area contributed by atoms with Gasteiger partial charge in [0.15, 0.2) is 0 Å². The number of pyridine rings is 1. The van der Waals surface area contributed by atoms with E-state index in [2.05, 4.69) is 26.1 Å². The zero-order valence-corrected chi connectivity index (χ0v) is 12.0. The molecular formula is C14H13BrN2O2. The predicted octanol–water partition coefficient (Wildman–Crippen LogP) is 3.27. The Morgan fingerprint density at radius 1 is 1.32 bits per heavy atom. The first-order valence-electron chi connectivity index (χ1n) is 5.68. The Hall–Kier alpha value is -1.88. The number of hydrogen-bond donors (Lipinski definition) is 1. The van der Waals surface area contributed by atoms with Crippen LogP contribution in [0.3, 0.4) is 0 Å². The van der Waals surface area contributed by atoms with E-state index >= 15 is 0 Å². The lowest BCUT2D eigenvalue weighted by molar-refractivity contribution is 0.318. The van der Waals surface area contributed by atoms with Gasteiger partial charge in [0.25, 0.3) is 0 Å². The van der Waals surface area contributed by atoms with Gasteiger partial charge in [-0.3, -0.25) is 4.98 Å². The minimum Gasteiger partial charge on any atom is -0.497 e. The topological polar surface area (TPSA) is 54.7 Å². The lowest BCUT2D eigenvalue weighted by atomic mass is 10.1. The number of nitrogens with zero attached hydrogens (tertiary/aromatic N) is 2. The van der Waals surface area contributed by atoms with E-state index in [1.807, 2.05) is 36.4 Å². The van der Waals surface area contributed by atoms with Crippen LogP contribution >= 0.6 is 15.9 Å². The number of ether oxygens (including phenoxy) is 1. The average Bonchev–Trinajstić information content (AvgIpc) is 2.45. The lowest BCUT2D eigenvalue weighted by Crippen LogP contribution is -2.06. The smallest absolute Gasteiger partial charge is 0.118 e. The van der Waals surface area contributed by atoms with E-state index in [0.29, 0.717) is 12.1 Å². The number of aromatic nitrogens is 1. The van der Waals surface area contributed by atoms with Crippen molar-refractivity contribution in [2.45, 2.75) is 6.42 Å². The Morgan fingerprint density at radius 3 is 2.63 bits per heavy atom. The molecule has 98 valence electrons. The maximum atomic E-state index is 9.15. The molecule has 1 aromatic carbocycles. The van der Waals surface area contributed by atoms with Crippen LogP contribution in [0.2, 0.25) is 0 Å². The Labute approximate surface area is 119 Å². The first-order chi connectivity index (χ1) is 9.22. The summed E-state index contributed by atoms with van der Waals surface area (Å²) in [5.74, 6) is 0.765. The minimum absolute atomic E-state index is 0.461. The quantitative estimate of drug-likeness (QED) is 0.534. The minimum atomic E-state index is 0.461. The Balaban J connectivity index is 2.20.